The summed E-state index contributed by atoms with van der Waals surface area (Å²) >= 11 is 0. The van der Waals surface area contributed by atoms with Crippen molar-refractivity contribution in [2.45, 2.75) is 26.1 Å². The fourth-order valence-electron chi connectivity index (χ4n) is 2.54. The quantitative estimate of drug-likeness (QED) is 0.917. The van der Waals surface area contributed by atoms with Gasteiger partial charge in [0.05, 0.1) is 12.6 Å². The summed E-state index contributed by atoms with van der Waals surface area (Å²) in [6.07, 6.45) is -0.619. The molecule has 2 aromatic rings. The SMILES string of the molecule is Cc1nnc2n1CCN(C[C@H](O)c1ccc(F)cc1)C2. The second kappa shape index (κ2) is 5.30. The average Bonchev–Trinajstić information content (AvgIpc) is 2.81. The fourth-order valence-corrected chi connectivity index (χ4v) is 2.54. The highest BCUT2D eigenvalue weighted by Gasteiger charge is 2.21. The third kappa shape index (κ3) is 2.57. The Hall–Kier alpha value is -1.79. The van der Waals surface area contributed by atoms with E-state index < -0.39 is 6.10 Å². The molecule has 0 spiro atoms. The normalized spacial score (nSPS) is 16.9. The Kier molecular flexibility index (Phi) is 3.50. The number of β-amino-alcohol motifs (C(OH)–C–C–N with tert-alkyl or cyclic N) is 1. The lowest BCUT2D eigenvalue weighted by molar-refractivity contribution is 0.0959. The Labute approximate surface area is 116 Å². The summed E-state index contributed by atoms with van der Waals surface area (Å²) in [6, 6.07) is 5.98. The van der Waals surface area contributed by atoms with Crippen LogP contribution in [0.3, 0.4) is 0 Å². The summed E-state index contributed by atoms with van der Waals surface area (Å²) < 4.78 is 15.0. The van der Waals surface area contributed by atoms with Gasteiger partial charge in [-0.15, -0.1) is 10.2 Å². The number of benzene rings is 1. The first-order valence-electron chi connectivity index (χ1n) is 6.68. The lowest BCUT2D eigenvalue weighted by Crippen LogP contribution is -2.36. The van der Waals surface area contributed by atoms with Crippen molar-refractivity contribution in [3.63, 3.8) is 0 Å². The topological polar surface area (TPSA) is 54.2 Å². The van der Waals surface area contributed by atoms with Crippen molar-refractivity contribution < 1.29 is 9.50 Å². The van der Waals surface area contributed by atoms with E-state index in [4.69, 9.17) is 0 Å². The molecule has 1 aliphatic rings. The van der Waals surface area contributed by atoms with Gasteiger partial charge in [-0.25, -0.2) is 4.39 Å². The van der Waals surface area contributed by atoms with Crippen molar-refractivity contribution in [1.82, 2.24) is 19.7 Å². The lowest BCUT2D eigenvalue weighted by Gasteiger charge is -2.29. The molecule has 1 atom stereocenters. The molecular weight excluding hydrogens is 259 g/mol. The van der Waals surface area contributed by atoms with Crippen molar-refractivity contribution in [2.75, 3.05) is 13.1 Å². The number of halogens is 1. The molecule has 0 radical (unpaired) electrons. The minimum absolute atomic E-state index is 0.289. The highest BCUT2D eigenvalue weighted by atomic mass is 19.1. The van der Waals surface area contributed by atoms with Gasteiger partial charge in [0.15, 0.2) is 0 Å². The molecule has 106 valence electrons. The number of rotatable bonds is 3. The van der Waals surface area contributed by atoms with Crippen LogP contribution in [0.15, 0.2) is 24.3 Å². The number of aromatic nitrogens is 3. The highest BCUT2D eigenvalue weighted by molar-refractivity contribution is 5.18. The third-order valence-corrected chi connectivity index (χ3v) is 3.70. The van der Waals surface area contributed by atoms with Gasteiger partial charge in [-0.05, 0) is 24.6 Å². The number of fused-ring (bicyclic) bond motifs is 1. The van der Waals surface area contributed by atoms with Crippen molar-refractivity contribution in [2.24, 2.45) is 0 Å². The Morgan fingerprint density at radius 3 is 2.75 bits per heavy atom. The smallest absolute Gasteiger partial charge is 0.147 e. The molecule has 0 fully saturated rings. The monoisotopic (exact) mass is 276 g/mol. The standard InChI is InChI=1S/C14H17FN4O/c1-10-16-17-14-9-18(6-7-19(10)14)8-13(20)11-2-4-12(15)5-3-11/h2-5,13,20H,6-9H2,1H3/t13-/m0/s1. The Morgan fingerprint density at radius 2 is 2.00 bits per heavy atom. The number of aliphatic hydroxyl groups excluding tert-OH is 1. The predicted molar refractivity (Wildman–Crippen MR) is 71.4 cm³/mol. The van der Waals surface area contributed by atoms with Crippen LogP contribution in [-0.4, -0.2) is 37.9 Å². The molecule has 1 aromatic heterocycles. The number of nitrogens with zero attached hydrogens (tertiary/aromatic N) is 4. The first-order valence-corrected chi connectivity index (χ1v) is 6.68. The maximum Gasteiger partial charge on any atom is 0.147 e. The molecule has 6 heteroatoms. The second-order valence-electron chi connectivity index (χ2n) is 5.12. The summed E-state index contributed by atoms with van der Waals surface area (Å²) in [6.45, 7) is 4.82. The third-order valence-electron chi connectivity index (χ3n) is 3.70. The van der Waals surface area contributed by atoms with Crippen molar-refractivity contribution in [3.8, 4) is 0 Å². The molecule has 1 aliphatic heterocycles. The summed E-state index contributed by atoms with van der Waals surface area (Å²) in [5.41, 5.74) is 0.731. The average molecular weight is 276 g/mol. The van der Waals surface area contributed by atoms with E-state index in [1.54, 1.807) is 12.1 Å². The van der Waals surface area contributed by atoms with Gasteiger partial charge in [0.1, 0.15) is 17.5 Å². The largest absolute Gasteiger partial charge is 0.387 e. The molecular formula is C14H17FN4O. The highest BCUT2D eigenvalue weighted by Crippen LogP contribution is 2.18. The van der Waals surface area contributed by atoms with Crippen LogP contribution < -0.4 is 0 Å². The van der Waals surface area contributed by atoms with Gasteiger partial charge in [-0.2, -0.15) is 0 Å². The van der Waals surface area contributed by atoms with Crippen molar-refractivity contribution in [1.29, 1.82) is 0 Å². The Balaban J connectivity index is 1.66. The number of aliphatic hydroxyl groups is 1. The lowest BCUT2D eigenvalue weighted by atomic mass is 10.1. The molecule has 0 unspecified atom stereocenters. The van der Waals surface area contributed by atoms with Crippen molar-refractivity contribution in [3.05, 3.63) is 47.3 Å². The summed E-state index contributed by atoms with van der Waals surface area (Å²) in [5, 5.41) is 18.4. The zero-order valence-corrected chi connectivity index (χ0v) is 11.3. The Morgan fingerprint density at radius 1 is 1.25 bits per heavy atom. The van der Waals surface area contributed by atoms with Crippen LogP contribution in [0.25, 0.3) is 0 Å². The zero-order valence-electron chi connectivity index (χ0n) is 11.3. The van der Waals surface area contributed by atoms with E-state index in [9.17, 15) is 9.50 Å². The van der Waals surface area contributed by atoms with E-state index in [1.807, 2.05) is 6.92 Å². The molecule has 3 rings (SSSR count). The van der Waals surface area contributed by atoms with E-state index in [-0.39, 0.29) is 5.82 Å². The van der Waals surface area contributed by atoms with Gasteiger partial charge in [-0.1, -0.05) is 12.1 Å². The van der Waals surface area contributed by atoms with Gasteiger partial charge >= 0.3 is 0 Å². The number of hydrogen-bond donors (Lipinski definition) is 1. The Bertz CT molecular complexity index is 596. The van der Waals surface area contributed by atoms with Gasteiger partial charge in [0.2, 0.25) is 0 Å². The maximum absolute atomic E-state index is 12.9. The van der Waals surface area contributed by atoms with Gasteiger partial charge in [-0.3, -0.25) is 4.90 Å². The first kappa shape index (κ1) is 13.2. The van der Waals surface area contributed by atoms with Crippen LogP contribution in [0.5, 0.6) is 0 Å². The molecule has 20 heavy (non-hydrogen) atoms. The van der Waals surface area contributed by atoms with Gasteiger partial charge < -0.3 is 9.67 Å². The zero-order chi connectivity index (χ0) is 14.1. The van der Waals surface area contributed by atoms with E-state index in [1.165, 1.54) is 12.1 Å². The van der Waals surface area contributed by atoms with Crippen LogP contribution in [0.4, 0.5) is 4.39 Å². The van der Waals surface area contributed by atoms with E-state index in [2.05, 4.69) is 19.7 Å². The molecule has 0 aliphatic carbocycles. The van der Waals surface area contributed by atoms with E-state index >= 15 is 0 Å². The summed E-state index contributed by atoms with van der Waals surface area (Å²) in [7, 11) is 0. The minimum Gasteiger partial charge on any atom is -0.387 e. The van der Waals surface area contributed by atoms with E-state index in [0.717, 1.165) is 30.3 Å². The molecule has 5 nitrogen and oxygen atoms in total. The molecule has 0 bridgehead atoms. The fraction of sp³-hybridized carbons (Fsp3) is 0.429. The van der Waals surface area contributed by atoms with Crippen LogP contribution in [0.2, 0.25) is 0 Å². The minimum atomic E-state index is -0.619. The summed E-state index contributed by atoms with van der Waals surface area (Å²) in [5.74, 6) is 1.57. The molecule has 0 saturated carbocycles. The second-order valence-corrected chi connectivity index (χ2v) is 5.12. The van der Waals surface area contributed by atoms with Crippen LogP contribution in [0.1, 0.15) is 23.3 Å². The molecule has 2 heterocycles. The predicted octanol–water partition coefficient (Wildman–Crippen LogP) is 1.27. The molecule has 1 N–H and O–H groups in total. The van der Waals surface area contributed by atoms with E-state index in [0.29, 0.717) is 13.1 Å². The number of hydrogen-bond acceptors (Lipinski definition) is 4. The first-order chi connectivity index (χ1) is 9.63. The van der Waals surface area contributed by atoms with Gasteiger partial charge in [0, 0.05) is 19.6 Å². The van der Waals surface area contributed by atoms with Crippen LogP contribution >= 0.6 is 0 Å². The van der Waals surface area contributed by atoms with Crippen LogP contribution in [-0.2, 0) is 13.1 Å². The summed E-state index contributed by atoms with van der Waals surface area (Å²) in [4.78, 5) is 2.14. The molecule has 0 amide bonds. The molecule has 0 saturated heterocycles. The number of aryl methyl sites for hydroxylation is 1. The van der Waals surface area contributed by atoms with Gasteiger partial charge in [0.25, 0.3) is 0 Å². The van der Waals surface area contributed by atoms with Crippen LogP contribution in [0, 0.1) is 12.7 Å². The van der Waals surface area contributed by atoms with Crippen molar-refractivity contribution >= 4 is 0 Å². The molecule has 1 aromatic carbocycles. The maximum atomic E-state index is 12.9.